The van der Waals surface area contributed by atoms with Crippen molar-refractivity contribution in [3.05, 3.63) is 42.0 Å². The van der Waals surface area contributed by atoms with Crippen molar-refractivity contribution in [3.8, 4) is 0 Å². The third kappa shape index (κ3) is 4.03. The van der Waals surface area contributed by atoms with Gasteiger partial charge in [0.05, 0.1) is 30.0 Å². The van der Waals surface area contributed by atoms with Gasteiger partial charge in [0.15, 0.2) is 0 Å². The third-order valence-corrected chi connectivity index (χ3v) is 6.33. The zero-order chi connectivity index (χ0) is 20.3. The van der Waals surface area contributed by atoms with Gasteiger partial charge in [0.2, 0.25) is 0 Å². The molecule has 1 aromatic carbocycles. The van der Waals surface area contributed by atoms with Gasteiger partial charge in [0.25, 0.3) is 0 Å². The summed E-state index contributed by atoms with van der Waals surface area (Å²) >= 11 is 1.63. The number of hydrogen-bond acceptors (Lipinski definition) is 8. The molecule has 2 saturated heterocycles. The van der Waals surface area contributed by atoms with E-state index in [-0.39, 0.29) is 7.53 Å². The molecule has 0 bridgehead atoms. The third-order valence-electron chi connectivity index (χ3n) is 5.43. The lowest BCUT2D eigenvalue weighted by molar-refractivity contribution is 0.122. The van der Waals surface area contributed by atoms with Crippen molar-refractivity contribution < 1.29 is 15.7 Å². The minimum atomic E-state index is -0.426. The van der Waals surface area contributed by atoms with Crippen LogP contribution in [0.3, 0.4) is 0 Å². The lowest BCUT2D eigenvalue weighted by atomic mass is 10.2. The van der Waals surface area contributed by atoms with E-state index in [9.17, 15) is 4.79 Å². The van der Waals surface area contributed by atoms with Crippen LogP contribution in [0, 0.1) is 0 Å². The Kier molecular flexibility index (Phi) is 5.37. The summed E-state index contributed by atoms with van der Waals surface area (Å²) in [7, 11) is 0. The fourth-order valence-electron chi connectivity index (χ4n) is 3.89. The van der Waals surface area contributed by atoms with Crippen LogP contribution in [0.25, 0.3) is 10.2 Å². The first-order chi connectivity index (χ1) is 14.8. The van der Waals surface area contributed by atoms with Crippen LogP contribution < -0.4 is 15.1 Å². The molecule has 2 fully saturated rings. The molecule has 5 rings (SSSR count). The predicted octanol–water partition coefficient (Wildman–Crippen LogP) is 3.60. The van der Waals surface area contributed by atoms with E-state index in [0.29, 0.717) is 6.54 Å². The number of carbonyl (C=O) groups is 1. The summed E-state index contributed by atoms with van der Waals surface area (Å²) in [5.41, 5.74) is 2.81. The molecule has 1 atom stereocenters. The van der Waals surface area contributed by atoms with Crippen molar-refractivity contribution in [1.29, 1.82) is 0 Å². The summed E-state index contributed by atoms with van der Waals surface area (Å²) in [6.45, 7) is 4.70. The molecule has 0 radical (unpaired) electrons. The Morgan fingerprint density at radius 1 is 1.13 bits per heavy atom. The Morgan fingerprint density at radius 2 is 1.97 bits per heavy atom. The summed E-state index contributed by atoms with van der Waals surface area (Å²) in [6.07, 6.45) is 1.78. The van der Waals surface area contributed by atoms with Gasteiger partial charge in [-0.05, 0) is 35.7 Å². The van der Waals surface area contributed by atoms with E-state index in [2.05, 4.69) is 25.1 Å². The zero-order valence-electron chi connectivity index (χ0n) is 16.5. The molecular formula is C21H25N5O3S. The standard InChI is InChI=1S/C21H23N5O3S.H2/c27-21(24-15-1-3-16(4-2-15)25-8-10-28-11-9-25)29-17-5-7-26(13-17)20-19-18(6-12-30-19)22-14-23-20;/h1-4,6,12,14,17H,5,7-11,13H2,(H,24,27);1H. The van der Waals surface area contributed by atoms with Crippen LogP contribution in [0.1, 0.15) is 7.85 Å². The van der Waals surface area contributed by atoms with Crippen molar-refractivity contribution in [3.63, 3.8) is 0 Å². The van der Waals surface area contributed by atoms with E-state index >= 15 is 0 Å². The van der Waals surface area contributed by atoms with Gasteiger partial charge in [-0.3, -0.25) is 5.32 Å². The number of ether oxygens (including phenoxy) is 2. The number of benzene rings is 1. The van der Waals surface area contributed by atoms with E-state index in [4.69, 9.17) is 9.47 Å². The molecule has 158 valence electrons. The minimum Gasteiger partial charge on any atom is -0.444 e. The second-order valence-corrected chi connectivity index (χ2v) is 8.28. The summed E-state index contributed by atoms with van der Waals surface area (Å²) in [4.78, 5) is 25.5. The summed E-state index contributed by atoms with van der Waals surface area (Å²) in [6, 6.07) is 9.83. The molecule has 0 saturated carbocycles. The molecule has 30 heavy (non-hydrogen) atoms. The first kappa shape index (κ1) is 19.1. The predicted molar refractivity (Wildman–Crippen MR) is 120 cm³/mol. The number of anilines is 3. The molecule has 2 aromatic heterocycles. The minimum absolute atomic E-state index is 0. The highest BCUT2D eigenvalue weighted by Crippen LogP contribution is 2.30. The first-order valence-electron chi connectivity index (χ1n) is 10.1. The maximum atomic E-state index is 12.4. The Labute approximate surface area is 179 Å². The summed E-state index contributed by atoms with van der Waals surface area (Å²) in [5, 5.41) is 4.85. The van der Waals surface area contributed by atoms with Gasteiger partial charge < -0.3 is 19.3 Å². The molecule has 3 aromatic rings. The summed E-state index contributed by atoms with van der Waals surface area (Å²) in [5.74, 6) is 0.917. The van der Waals surface area contributed by atoms with Crippen molar-refractivity contribution in [2.45, 2.75) is 12.5 Å². The monoisotopic (exact) mass is 427 g/mol. The molecule has 4 heterocycles. The Balaban J connectivity index is 0.00000231. The maximum absolute atomic E-state index is 12.4. The number of nitrogens with zero attached hydrogens (tertiary/aromatic N) is 4. The van der Waals surface area contributed by atoms with Crippen molar-refractivity contribution in [2.24, 2.45) is 0 Å². The number of aromatic nitrogens is 2. The van der Waals surface area contributed by atoms with E-state index in [1.165, 1.54) is 0 Å². The molecule has 2 aliphatic rings. The molecule has 0 aliphatic carbocycles. The lowest BCUT2D eigenvalue weighted by Gasteiger charge is -2.28. The van der Waals surface area contributed by atoms with Crippen LogP contribution in [0.2, 0.25) is 0 Å². The number of carbonyl (C=O) groups excluding carboxylic acids is 1. The van der Waals surface area contributed by atoms with Crippen molar-refractivity contribution >= 4 is 44.8 Å². The van der Waals surface area contributed by atoms with Gasteiger partial charge in [-0.1, -0.05) is 0 Å². The molecular weight excluding hydrogens is 402 g/mol. The van der Waals surface area contributed by atoms with Gasteiger partial charge in [0.1, 0.15) is 18.2 Å². The molecule has 1 N–H and O–H groups in total. The highest BCUT2D eigenvalue weighted by molar-refractivity contribution is 7.17. The largest absolute Gasteiger partial charge is 0.444 e. The average Bonchev–Trinajstić information content (AvgIpc) is 3.44. The Bertz CT molecular complexity index is 1030. The van der Waals surface area contributed by atoms with Crippen molar-refractivity contribution in [1.82, 2.24) is 9.97 Å². The van der Waals surface area contributed by atoms with Gasteiger partial charge in [0, 0.05) is 38.9 Å². The second kappa shape index (κ2) is 8.45. The quantitative estimate of drug-likeness (QED) is 0.681. The maximum Gasteiger partial charge on any atom is 0.411 e. The topological polar surface area (TPSA) is 79.8 Å². The number of rotatable bonds is 4. The Hall–Kier alpha value is -2.91. The van der Waals surface area contributed by atoms with Gasteiger partial charge >= 0.3 is 6.09 Å². The second-order valence-electron chi connectivity index (χ2n) is 7.37. The van der Waals surface area contributed by atoms with Crippen LogP contribution in [0.5, 0.6) is 0 Å². The van der Waals surface area contributed by atoms with Crippen LogP contribution in [-0.2, 0) is 9.47 Å². The number of fused-ring (bicyclic) bond motifs is 1. The normalized spacial score (nSPS) is 19.3. The smallest absolute Gasteiger partial charge is 0.411 e. The number of morpholine rings is 1. The molecule has 1 amide bonds. The van der Waals surface area contributed by atoms with E-state index in [0.717, 1.165) is 66.7 Å². The highest BCUT2D eigenvalue weighted by Gasteiger charge is 2.28. The zero-order valence-corrected chi connectivity index (χ0v) is 17.3. The van der Waals surface area contributed by atoms with Gasteiger partial charge in [-0.15, -0.1) is 11.3 Å². The highest BCUT2D eigenvalue weighted by atomic mass is 32.1. The van der Waals surface area contributed by atoms with E-state index in [1.807, 2.05) is 35.7 Å². The average molecular weight is 428 g/mol. The van der Waals surface area contributed by atoms with E-state index in [1.54, 1.807) is 17.7 Å². The first-order valence-corrected chi connectivity index (χ1v) is 11.0. The molecule has 8 nitrogen and oxygen atoms in total. The number of thiophene rings is 1. The lowest BCUT2D eigenvalue weighted by Crippen LogP contribution is -2.36. The number of amides is 1. The SMILES string of the molecule is O=C(Nc1ccc(N2CCOCC2)cc1)OC1CCN(c2ncnc3ccsc23)C1.[HH]. The molecule has 1 unspecified atom stereocenters. The summed E-state index contributed by atoms with van der Waals surface area (Å²) < 4.78 is 12.1. The van der Waals surface area contributed by atoms with Crippen LogP contribution >= 0.6 is 11.3 Å². The van der Waals surface area contributed by atoms with E-state index < -0.39 is 6.09 Å². The van der Waals surface area contributed by atoms with Gasteiger partial charge in [-0.2, -0.15) is 0 Å². The molecule has 2 aliphatic heterocycles. The molecule has 0 spiro atoms. The van der Waals surface area contributed by atoms with Crippen molar-refractivity contribution in [2.75, 3.05) is 54.5 Å². The molecule has 9 heteroatoms. The van der Waals surface area contributed by atoms with Gasteiger partial charge in [-0.25, -0.2) is 14.8 Å². The number of hydrogen-bond donors (Lipinski definition) is 1. The Morgan fingerprint density at radius 3 is 2.80 bits per heavy atom. The van der Waals surface area contributed by atoms with Crippen LogP contribution in [-0.4, -0.2) is 61.6 Å². The fraction of sp³-hybridized carbons (Fsp3) is 0.381. The van der Waals surface area contributed by atoms with Crippen LogP contribution in [0.4, 0.5) is 22.0 Å². The fourth-order valence-corrected chi connectivity index (χ4v) is 4.76. The number of nitrogens with one attached hydrogen (secondary N) is 1. The van der Waals surface area contributed by atoms with Crippen LogP contribution in [0.15, 0.2) is 42.0 Å².